The third-order valence-electron chi connectivity index (χ3n) is 3.68. The van der Waals surface area contributed by atoms with E-state index in [1.807, 2.05) is 48.9 Å². The van der Waals surface area contributed by atoms with Gasteiger partial charge in [0.2, 0.25) is 0 Å². The molecule has 3 rings (SSSR count). The number of nitrogens with zero attached hydrogens (tertiary/aromatic N) is 2. The number of hydrogen-bond acceptors (Lipinski definition) is 3. The molecule has 1 amide bonds. The molecule has 0 atom stereocenters. The Balaban J connectivity index is 1.98. The van der Waals surface area contributed by atoms with E-state index in [1.165, 1.54) is 0 Å². The van der Waals surface area contributed by atoms with E-state index >= 15 is 0 Å². The van der Waals surface area contributed by atoms with Crippen molar-refractivity contribution in [3.05, 3.63) is 41.7 Å². The molecule has 1 aromatic carbocycles. The minimum Gasteiger partial charge on any atom is -0.497 e. The maximum Gasteiger partial charge on any atom is 0.272 e. The molecule has 0 spiro atoms. The van der Waals surface area contributed by atoms with Crippen LogP contribution in [0, 0.1) is 0 Å². The summed E-state index contributed by atoms with van der Waals surface area (Å²) in [7, 11) is 1.64. The fraction of sp³-hybridized carbons (Fsp3) is 0.412. The second kappa shape index (κ2) is 5.83. The van der Waals surface area contributed by atoms with Gasteiger partial charge in [0.05, 0.1) is 12.8 Å². The molecule has 116 valence electrons. The van der Waals surface area contributed by atoms with E-state index in [1.54, 1.807) is 7.11 Å². The summed E-state index contributed by atoms with van der Waals surface area (Å²) in [5.41, 5.74) is 2.49. The van der Waals surface area contributed by atoms with Crippen LogP contribution >= 0.6 is 0 Å². The minimum absolute atomic E-state index is 0.0962. The zero-order valence-corrected chi connectivity index (χ0v) is 13.2. The number of carbonyl (C=O) groups excluding carboxylic acids is 1. The van der Waals surface area contributed by atoms with E-state index in [0.29, 0.717) is 11.6 Å². The first-order chi connectivity index (χ1) is 10.6. The van der Waals surface area contributed by atoms with E-state index in [0.717, 1.165) is 30.0 Å². The van der Waals surface area contributed by atoms with Gasteiger partial charge in [0.1, 0.15) is 5.75 Å². The number of methoxy groups -OCH3 is 1. The highest BCUT2D eigenvalue weighted by Crippen LogP contribution is 2.41. The van der Waals surface area contributed by atoms with Gasteiger partial charge in [0.15, 0.2) is 5.69 Å². The van der Waals surface area contributed by atoms with Crippen molar-refractivity contribution in [1.82, 2.24) is 15.1 Å². The van der Waals surface area contributed by atoms with Crippen LogP contribution in [0.3, 0.4) is 0 Å². The molecule has 1 heterocycles. The number of ether oxygens (including phenoxy) is 1. The van der Waals surface area contributed by atoms with Gasteiger partial charge in [0, 0.05) is 23.7 Å². The van der Waals surface area contributed by atoms with Crippen molar-refractivity contribution in [2.75, 3.05) is 7.11 Å². The van der Waals surface area contributed by atoms with Crippen molar-refractivity contribution in [3.8, 4) is 11.4 Å². The van der Waals surface area contributed by atoms with Crippen molar-refractivity contribution in [3.63, 3.8) is 0 Å². The molecule has 0 unspecified atom stereocenters. The number of aromatic nitrogens is 2. The normalized spacial score (nSPS) is 14.2. The Morgan fingerprint density at radius 1 is 1.36 bits per heavy atom. The van der Waals surface area contributed by atoms with Crippen molar-refractivity contribution in [1.29, 1.82) is 0 Å². The molecular formula is C17H21N3O2. The van der Waals surface area contributed by atoms with Gasteiger partial charge < -0.3 is 10.1 Å². The molecule has 2 aromatic rings. The van der Waals surface area contributed by atoms with Gasteiger partial charge in [-0.05, 0) is 44.9 Å². The molecule has 5 heteroatoms. The lowest BCUT2D eigenvalue weighted by atomic mass is 10.2. The summed E-state index contributed by atoms with van der Waals surface area (Å²) >= 11 is 0. The maximum atomic E-state index is 12.2. The average Bonchev–Trinajstić information content (AvgIpc) is 3.25. The Bertz CT molecular complexity index is 687. The molecular weight excluding hydrogens is 278 g/mol. The third kappa shape index (κ3) is 2.98. The van der Waals surface area contributed by atoms with Crippen LogP contribution in [-0.4, -0.2) is 28.8 Å². The van der Waals surface area contributed by atoms with Gasteiger partial charge in [-0.3, -0.25) is 4.79 Å². The fourth-order valence-electron chi connectivity index (χ4n) is 2.46. The standard InChI is InChI=1S/C17H21N3O2/c1-11(2)18-17(21)15-10-16(12-7-8-12)20(19-15)13-5-4-6-14(9-13)22-3/h4-6,9-12H,7-8H2,1-3H3,(H,18,21). The Morgan fingerprint density at radius 2 is 2.14 bits per heavy atom. The molecule has 5 nitrogen and oxygen atoms in total. The van der Waals surface area contributed by atoms with Gasteiger partial charge >= 0.3 is 0 Å². The SMILES string of the molecule is COc1cccc(-n2nc(C(=O)NC(C)C)cc2C2CC2)c1. The zero-order chi connectivity index (χ0) is 15.7. The first-order valence-electron chi connectivity index (χ1n) is 7.63. The van der Waals surface area contributed by atoms with Crippen LogP contribution in [-0.2, 0) is 0 Å². The summed E-state index contributed by atoms with van der Waals surface area (Å²) in [4.78, 5) is 12.2. The van der Waals surface area contributed by atoms with Crippen LogP contribution < -0.4 is 10.1 Å². The molecule has 0 saturated heterocycles. The number of benzene rings is 1. The quantitative estimate of drug-likeness (QED) is 0.923. The molecule has 0 aliphatic heterocycles. The lowest BCUT2D eigenvalue weighted by molar-refractivity contribution is 0.0937. The highest BCUT2D eigenvalue weighted by atomic mass is 16.5. The summed E-state index contributed by atoms with van der Waals surface area (Å²) in [5, 5.41) is 7.41. The predicted octanol–water partition coefficient (Wildman–Crippen LogP) is 2.90. The zero-order valence-electron chi connectivity index (χ0n) is 13.2. The Labute approximate surface area is 130 Å². The fourth-order valence-corrected chi connectivity index (χ4v) is 2.46. The van der Waals surface area contributed by atoms with Crippen molar-refractivity contribution in [2.45, 2.75) is 38.6 Å². The second-order valence-corrected chi connectivity index (χ2v) is 5.97. The summed E-state index contributed by atoms with van der Waals surface area (Å²) in [5.74, 6) is 1.15. The highest BCUT2D eigenvalue weighted by molar-refractivity contribution is 5.92. The average molecular weight is 299 g/mol. The Morgan fingerprint density at radius 3 is 2.77 bits per heavy atom. The minimum atomic E-state index is -0.126. The molecule has 0 bridgehead atoms. The molecule has 22 heavy (non-hydrogen) atoms. The lowest BCUT2D eigenvalue weighted by Crippen LogP contribution is -2.30. The van der Waals surface area contributed by atoms with Gasteiger partial charge in [-0.1, -0.05) is 6.07 Å². The Kier molecular flexibility index (Phi) is 3.88. The highest BCUT2D eigenvalue weighted by Gasteiger charge is 2.30. The van der Waals surface area contributed by atoms with Gasteiger partial charge in [-0.2, -0.15) is 5.10 Å². The van der Waals surface area contributed by atoms with Crippen LogP contribution in [0.2, 0.25) is 0 Å². The summed E-state index contributed by atoms with van der Waals surface area (Å²) in [6.45, 7) is 3.89. The van der Waals surface area contributed by atoms with Crippen LogP contribution in [0.1, 0.15) is 48.8 Å². The molecule has 0 radical (unpaired) electrons. The molecule has 1 fully saturated rings. The van der Waals surface area contributed by atoms with E-state index in [-0.39, 0.29) is 11.9 Å². The van der Waals surface area contributed by atoms with E-state index in [2.05, 4.69) is 10.4 Å². The predicted molar refractivity (Wildman–Crippen MR) is 84.7 cm³/mol. The Hall–Kier alpha value is -2.30. The second-order valence-electron chi connectivity index (χ2n) is 5.97. The van der Waals surface area contributed by atoms with Gasteiger partial charge in [0.25, 0.3) is 5.91 Å². The van der Waals surface area contributed by atoms with Crippen molar-refractivity contribution >= 4 is 5.91 Å². The van der Waals surface area contributed by atoms with Gasteiger partial charge in [-0.15, -0.1) is 0 Å². The molecule has 1 aromatic heterocycles. The summed E-state index contributed by atoms with van der Waals surface area (Å²) < 4.78 is 7.15. The van der Waals surface area contributed by atoms with Gasteiger partial charge in [-0.25, -0.2) is 4.68 Å². The maximum absolute atomic E-state index is 12.2. The number of hydrogen-bond donors (Lipinski definition) is 1. The number of amides is 1. The topological polar surface area (TPSA) is 56.2 Å². The van der Waals surface area contributed by atoms with Crippen LogP contribution in [0.5, 0.6) is 5.75 Å². The first kappa shape index (κ1) is 14.6. The lowest BCUT2D eigenvalue weighted by Gasteiger charge is -2.08. The van der Waals surface area contributed by atoms with E-state index < -0.39 is 0 Å². The van der Waals surface area contributed by atoms with Crippen molar-refractivity contribution < 1.29 is 9.53 Å². The van der Waals surface area contributed by atoms with Crippen LogP contribution in [0.4, 0.5) is 0 Å². The van der Waals surface area contributed by atoms with Crippen molar-refractivity contribution in [2.24, 2.45) is 0 Å². The van der Waals surface area contributed by atoms with E-state index in [9.17, 15) is 4.79 Å². The van der Waals surface area contributed by atoms with Crippen LogP contribution in [0.25, 0.3) is 5.69 Å². The third-order valence-corrected chi connectivity index (χ3v) is 3.68. The molecule has 1 aliphatic rings. The van der Waals surface area contributed by atoms with E-state index in [4.69, 9.17) is 4.74 Å². The first-order valence-corrected chi connectivity index (χ1v) is 7.63. The number of rotatable bonds is 5. The largest absolute Gasteiger partial charge is 0.497 e. The monoisotopic (exact) mass is 299 g/mol. The summed E-state index contributed by atoms with van der Waals surface area (Å²) in [6.07, 6.45) is 2.31. The smallest absolute Gasteiger partial charge is 0.272 e. The number of carbonyl (C=O) groups is 1. The number of nitrogens with one attached hydrogen (secondary N) is 1. The molecule has 1 saturated carbocycles. The molecule has 1 aliphatic carbocycles. The summed E-state index contributed by atoms with van der Waals surface area (Å²) in [6, 6.07) is 9.75. The van der Waals surface area contributed by atoms with Crippen LogP contribution in [0.15, 0.2) is 30.3 Å². The molecule has 1 N–H and O–H groups in total.